The van der Waals surface area contributed by atoms with Crippen LogP contribution in [-0.4, -0.2) is 36.0 Å². The number of aromatic nitrogens is 5. The van der Waals surface area contributed by atoms with Gasteiger partial charge in [0.2, 0.25) is 0 Å². The lowest BCUT2D eigenvalue weighted by Crippen LogP contribution is -2.07. The first-order valence-electron chi connectivity index (χ1n) is 10.8. The molecule has 3 aromatic heterocycles. The lowest BCUT2D eigenvalue weighted by molar-refractivity contribution is 0.0697. The van der Waals surface area contributed by atoms with Crippen LogP contribution in [0.1, 0.15) is 21.5 Å². The molecule has 0 saturated heterocycles. The van der Waals surface area contributed by atoms with Crippen molar-refractivity contribution in [1.82, 2.24) is 24.9 Å². The first kappa shape index (κ1) is 22.8. The highest BCUT2D eigenvalue weighted by molar-refractivity contribution is 5.87. The molecule has 0 amide bonds. The molecule has 2 N–H and O–H groups in total. The number of carbonyl (C=O) groups is 1. The van der Waals surface area contributed by atoms with Gasteiger partial charge in [-0.15, -0.1) is 0 Å². The van der Waals surface area contributed by atoms with Crippen LogP contribution in [0.2, 0.25) is 0 Å². The minimum atomic E-state index is -1.03. The lowest BCUT2D eigenvalue weighted by Gasteiger charge is -2.08. The number of anilines is 1. The summed E-state index contributed by atoms with van der Waals surface area (Å²) >= 11 is 0. The fourth-order valence-corrected chi connectivity index (χ4v) is 3.55. The Kier molecular flexibility index (Phi) is 6.18. The molecular formula is C25H18F2N6O3. The normalized spacial score (nSPS) is 10.9. The van der Waals surface area contributed by atoms with Crippen LogP contribution >= 0.6 is 0 Å². The van der Waals surface area contributed by atoms with Crippen LogP contribution in [0.15, 0.2) is 77.6 Å². The van der Waals surface area contributed by atoms with E-state index in [2.05, 4.69) is 25.5 Å². The Hall–Kier alpha value is -4.93. The molecule has 2 aromatic carbocycles. The van der Waals surface area contributed by atoms with Crippen LogP contribution in [0.4, 0.5) is 14.6 Å². The van der Waals surface area contributed by atoms with Gasteiger partial charge in [0.25, 0.3) is 0 Å². The molecule has 3 heterocycles. The summed E-state index contributed by atoms with van der Waals surface area (Å²) in [6, 6.07) is 15.9. The summed E-state index contributed by atoms with van der Waals surface area (Å²) in [5.41, 5.74) is 2.68. The van der Waals surface area contributed by atoms with Gasteiger partial charge in [0.1, 0.15) is 23.5 Å². The zero-order valence-corrected chi connectivity index (χ0v) is 18.6. The van der Waals surface area contributed by atoms with Gasteiger partial charge in [-0.25, -0.2) is 23.5 Å². The number of hydrogen-bond donors (Lipinski definition) is 2. The average Bonchev–Trinajstić information content (AvgIpc) is 3.55. The predicted molar refractivity (Wildman–Crippen MR) is 125 cm³/mol. The largest absolute Gasteiger partial charge is 0.478 e. The summed E-state index contributed by atoms with van der Waals surface area (Å²) in [6.45, 7) is 0.326. The van der Waals surface area contributed by atoms with Crippen molar-refractivity contribution in [2.45, 2.75) is 13.1 Å². The monoisotopic (exact) mass is 488 g/mol. The first-order chi connectivity index (χ1) is 17.5. The third kappa shape index (κ3) is 4.80. The van der Waals surface area contributed by atoms with Crippen LogP contribution in [0.25, 0.3) is 22.9 Å². The van der Waals surface area contributed by atoms with E-state index in [1.165, 1.54) is 24.5 Å². The molecule has 0 radical (unpaired) electrons. The Bertz CT molecular complexity index is 1520. The number of nitrogens with one attached hydrogen (secondary N) is 1. The van der Waals surface area contributed by atoms with E-state index in [0.29, 0.717) is 22.6 Å². The number of halogens is 2. The van der Waals surface area contributed by atoms with E-state index in [9.17, 15) is 13.6 Å². The fraction of sp³-hybridized carbons (Fsp3) is 0.0800. The molecule has 11 heteroatoms. The third-order valence-electron chi connectivity index (χ3n) is 5.39. The zero-order chi connectivity index (χ0) is 25.1. The van der Waals surface area contributed by atoms with Crippen LogP contribution < -0.4 is 5.32 Å². The Balaban J connectivity index is 1.43. The minimum Gasteiger partial charge on any atom is -0.478 e. The summed E-state index contributed by atoms with van der Waals surface area (Å²) < 4.78 is 35.2. The average molecular weight is 488 g/mol. The maximum atomic E-state index is 14.4. The minimum absolute atomic E-state index is 0.0473. The fourth-order valence-electron chi connectivity index (χ4n) is 3.55. The second-order valence-corrected chi connectivity index (χ2v) is 7.79. The summed E-state index contributed by atoms with van der Waals surface area (Å²) in [5, 5.41) is 20.4. The highest BCUT2D eigenvalue weighted by Gasteiger charge is 2.18. The van der Waals surface area contributed by atoms with Gasteiger partial charge >= 0.3 is 5.97 Å². The number of hydrogen-bond acceptors (Lipinski definition) is 7. The molecule has 0 saturated carbocycles. The number of aromatic carboxylic acids is 1. The van der Waals surface area contributed by atoms with Crippen molar-refractivity contribution in [2.24, 2.45) is 0 Å². The maximum absolute atomic E-state index is 14.4. The van der Waals surface area contributed by atoms with Crippen molar-refractivity contribution in [3.05, 3.63) is 101 Å². The standard InChI is InChI=1S/C25H18F2N6O3/c26-18-4-2-1-3-17(18)14-33-22(20-9-10-36-32-20)11-21(31-33)24-29-13-19(27)23(30-24)28-12-15-5-7-16(8-6-15)25(34)35/h1-11,13H,12,14H2,(H,34,35)(H,28,29,30). The van der Waals surface area contributed by atoms with E-state index < -0.39 is 11.8 Å². The molecule has 0 aliphatic carbocycles. The second kappa shape index (κ2) is 9.74. The first-order valence-corrected chi connectivity index (χ1v) is 10.8. The zero-order valence-electron chi connectivity index (χ0n) is 18.6. The van der Waals surface area contributed by atoms with Crippen LogP contribution in [0.3, 0.4) is 0 Å². The van der Waals surface area contributed by atoms with E-state index >= 15 is 0 Å². The summed E-state index contributed by atoms with van der Waals surface area (Å²) in [6.07, 6.45) is 2.44. The number of carboxylic acid groups (broad SMARTS) is 1. The molecule has 5 aromatic rings. The highest BCUT2D eigenvalue weighted by Crippen LogP contribution is 2.26. The molecule has 0 spiro atoms. The Morgan fingerprint density at radius 2 is 1.83 bits per heavy atom. The molecule has 180 valence electrons. The van der Waals surface area contributed by atoms with Gasteiger partial charge in [0.05, 0.1) is 24.0 Å². The Morgan fingerprint density at radius 3 is 2.56 bits per heavy atom. The van der Waals surface area contributed by atoms with Gasteiger partial charge in [0, 0.05) is 18.2 Å². The molecule has 0 bridgehead atoms. The second-order valence-electron chi connectivity index (χ2n) is 7.79. The molecule has 0 fully saturated rings. The Morgan fingerprint density at radius 1 is 1.03 bits per heavy atom. The van der Waals surface area contributed by atoms with E-state index in [-0.39, 0.29) is 36.1 Å². The van der Waals surface area contributed by atoms with Crippen LogP contribution in [0, 0.1) is 11.6 Å². The maximum Gasteiger partial charge on any atom is 0.335 e. The molecule has 9 nitrogen and oxygen atoms in total. The highest BCUT2D eigenvalue weighted by atomic mass is 19.1. The van der Waals surface area contributed by atoms with Gasteiger partial charge in [-0.2, -0.15) is 5.10 Å². The number of rotatable bonds is 8. The SMILES string of the molecule is O=C(O)c1ccc(CNc2nc(-c3cc(-c4ccon4)n(Cc4ccccc4F)n3)ncc2F)cc1. The van der Waals surface area contributed by atoms with Crippen molar-refractivity contribution >= 4 is 11.8 Å². The van der Waals surface area contributed by atoms with Crippen LogP contribution in [0.5, 0.6) is 0 Å². The summed E-state index contributed by atoms with van der Waals surface area (Å²) in [4.78, 5) is 19.4. The number of nitrogens with zero attached hydrogens (tertiary/aromatic N) is 5. The Labute approximate surface area is 203 Å². The lowest BCUT2D eigenvalue weighted by atomic mass is 10.1. The third-order valence-corrected chi connectivity index (χ3v) is 5.39. The van der Waals surface area contributed by atoms with Crippen molar-refractivity contribution < 1.29 is 23.2 Å². The molecular weight excluding hydrogens is 470 g/mol. The smallest absolute Gasteiger partial charge is 0.335 e. The molecule has 0 aliphatic heterocycles. The molecule has 5 rings (SSSR count). The van der Waals surface area contributed by atoms with Gasteiger partial charge < -0.3 is 14.9 Å². The number of benzene rings is 2. The van der Waals surface area contributed by atoms with E-state index in [1.807, 2.05) is 0 Å². The molecule has 0 unspecified atom stereocenters. The van der Waals surface area contributed by atoms with Crippen molar-refractivity contribution in [3.63, 3.8) is 0 Å². The quantitative estimate of drug-likeness (QED) is 0.325. The predicted octanol–water partition coefficient (Wildman–Crippen LogP) is 4.63. The summed E-state index contributed by atoms with van der Waals surface area (Å²) in [5.74, 6) is -1.96. The summed E-state index contributed by atoms with van der Waals surface area (Å²) in [7, 11) is 0. The molecule has 0 atom stereocenters. The van der Waals surface area contributed by atoms with Crippen molar-refractivity contribution in [2.75, 3.05) is 5.32 Å². The van der Waals surface area contributed by atoms with E-state index in [4.69, 9.17) is 9.63 Å². The van der Waals surface area contributed by atoms with Gasteiger partial charge in [-0.3, -0.25) is 4.68 Å². The van der Waals surface area contributed by atoms with Gasteiger partial charge in [-0.1, -0.05) is 35.5 Å². The van der Waals surface area contributed by atoms with E-state index in [0.717, 1.165) is 11.8 Å². The van der Waals surface area contributed by atoms with E-state index in [1.54, 1.807) is 47.1 Å². The number of carboxylic acids is 1. The topological polar surface area (TPSA) is 119 Å². The van der Waals surface area contributed by atoms with Crippen LogP contribution in [-0.2, 0) is 13.1 Å². The van der Waals surface area contributed by atoms with Crippen molar-refractivity contribution in [1.29, 1.82) is 0 Å². The van der Waals surface area contributed by atoms with Gasteiger partial charge in [-0.05, 0) is 29.8 Å². The molecule has 36 heavy (non-hydrogen) atoms. The van der Waals surface area contributed by atoms with Gasteiger partial charge in [0.15, 0.2) is 17.5 Å². The van der Waals surface area contributed by atoms with Crippen molar-refractivity contribution in [3.8, 4) is 22.9 Å². The molecule has 0 aliphatic rings.